The van der Waals surface area contributed by atoms with Gasteiger partial charge in [0.2, 0.25) is 11.8 Å². The number of rotatable bonds is 9. The Bertz CT molecular complexity index is 1480. The van der Waals surface area contributed by atoms with Crippen molar-refractivity contribution in [3.05, 3.63) is 65.7 Å². The van der Waals surface area contributed by atoms with Gasteiger partial charge in [0.05, 0.1) is 50.3 Å². The first-order chi connectivity index (χ1) is 19.7. The predicted octanol–water partition coefficient (Wildman–Crippen LogP) is 2.38. The summed E-state index contributed by atoms with van der Waals surface area (Å²) in [6.07, 6.45) is 0.0791. The van der Waals surface area contributed by atoms with Gasteiger partial charge in [0, 0.05) is 18.5 Å². The van der Waals surface area contributed by atoms with Crippen molar-refractivity contribution in [2.75, 3.05) is 44.2 Å². The molecule has 0 saturated heterocycles. The summed E-state index contributed by atoms with van der Waals surface area (Å²) in [7, 11) is 4.51. The van der Waals surface area contributed by atoms with E-state index in [1.807, 2.05) is 6.07 Å². The molecule has 0 radical (unpaired) electrons. The topological polar surface area (TPSA) is 143 Å². The van der Waals surface area contributed by atoms with E-state index in [9.17, 15) is 19.2 Å². The van der Waals surface area contributed by atoms with Crippen LogP contribution in [0.25, 0.3) is 10.8 Å². The van der Waals surface area contributed by atoms with Gasteiger partial charge in [-0.25, -0.2) is 4.79 Å². The van der Waals surface area contributed by atoms with Crippen molar-refractivity contribution >= 4 is 58.2 Å². The number of benzene rings is 3. The molecule has 0 aromatic heterocycles. The van der Waals surface area contributed by atoms with Gasteiger partial charge >= 0.3 is 5.97 Å². The standard InChI is InChI=1S/C30H35N5O6.ClH/c1-18(32-2)28(37)33-23-17-34(27(36)13-14-31)24-7-5-6-8-25(24)35(29(23)38)16-22-21-11-9-20(30(39)41-4)15-19(21)10-12-26(22)40-3;/h5-12,15,18,23,32H,13-14,16-17,31H2,1-4H3,(H,33,37);1H. The van der Waals surface area contributed by atoms with Gasteiger partial charge in [-0.2, -0.15) is 0 Å². The quantitative estimate of drug-likeness (QED) is 0.319. The Morgan fingerprint density at radius 2 is 1.79 bits per heavy atom. The summed E-state index contributed by atoms with van der Waals surface area (Å²) >= 11 is 0. The fourth-order valence-electron chi connectivity index (χ4n) is 4.91. The molecule has 12 heteroatoms. The molecule has 0 fully saturated rings. The molecule has 1 aliphatic heterocycles. The summed E-state index contributed by atoms with van der Waals surface area (Å²) < 4.78 is 10.6. The van der Waals surface area contributed by atoms with E-state index in [0.29, 0.717) is 28.3 Å². The molecule has 3 aromatic carbocycles. The summed E-state index contributed by atoms with van der Waals surface area (Å²) in [5.41, 5.74) is 7.83. The molecule has 0 aliphatic carbocycles. The van der Waals surface area contributed by atoms with Crippen LogP contribution in [0.2, 0.25) is 0 Å². The van der Waals surface area contributed by atoms with Gasteiger partial charge in [-0.05, 0) is 55.1 Å². The SMILES string of the molecule is CNC(C)C(=O)NC1CN(C(=O)CCN)c2ccccc2N(Cc2c(OC)ccc3cc(C(=O)OC)ccc23)C1=O.Cl. The fraction of sp³-hybridized carbons (Fsp3) is 0.333. The first-order valence-electron chi connectivity index (χ1n) is 13.3. The van der Waals surface area contributed by atoms with Crippen LogP contribution in [0.4, 0.5) is 11.4 Å². The predicted molar refractivity (Wildman–Crippen MR) is 163 cm³/mol. The third-order valence-electron chi connectivity index (χ3n) is 7.24. The van der Waals surface area contributed by atoms with Crippen LogP contribution in [0.5, 0.6) is 5.75 Å². The molecule has 1 heterocycles. The van der Waals surface area contributed by atoms with Crippen LogP contribution >= 0.6 is 12.4 Å². The molecule has 2 atom stereocenters. The molecule has 3 aromatic rings. The van der Waals surface area contributed by atoms with Gasteiger partial charge < -0.3 is 35.6 Å². The monoisotopic (exact) mass is 597 g/mol. The molecule has 0 bridgehead atoms. The third kappa shape index (κ3) is 6.48. The van der Waals surface area contributed by atoms with Crippen LogP contribution in [-0.4, -0.2) is 70.1 Å². The molecule has 0 saturated carbocycles. The molecule has 1 aliphatic rings. The maximum absolute atomic E-state index is 14.2. The minimum absolute atomic E-state index is 0. The maximum atomic E-state index is 14.2. The number of esters is 1. The summed E-state index contributed by atoms with van der Waals surface area (Å²) in [6.45, 7) is 1.84. The highest BCUT2D eigenvalue weighted by atomic mass is 35.5. The average Bonchev–Trinajstić information content (AvgIpc) is 3.10. The molecular weight excluding hydrogens is 562 g/mol. The second-order valence-electron chi connectivity index (χ2n) is 9.70. The number of likely N-dealkylation sites (N-methyl/N-ethyl adjacent to an activating group) is 1. The van der Waals surface area contributed by atoms with E-state index in [0.717, 1.165) is 10.8 Å². The van der Waals surface area contributed by atoms with Crippen LogP contribution in [0.15, 0.2) is 54.6 Å². The number of methoxy groups -OCH3 is 2. The highest BCUT2D eigenvalue weighted by Gasteiger charge is 2.37. The lowest BCUT2D eigenvalue weighted by molar-refractivity contribution is -0.128. The van der Waals surface area contributed by atoms with E-state index in [-0.39, 0.29) is 56.2 Å². The molecule has 3 amide bonds. The summed E-state index contributed by atoms with van der Waals surface area (Å²) in [4.78, 5) is 55.6. The number of fused-ring (bicyclic) bond motifs is 2. The number of carbonyl (C=O) groups excluding carboxylic acids is 4. The van der Waals surface area contributed by atoms with Gasteiger partial charge in [0.15, 0.2) is 0 Å². The zero-order valence-corrected chi connectivity index (χ0v) is 24.8. The number of nitrogens with zero attached hydrogens (tertiary/aromatic N) is 2. The minimum atomic E-state index is -1.03. The van der Waals surface area contributed by atoms with Crippen LogP contribution in [0.1, 0.15) is 29.3 Å². The number of hydrogen-bond donors (Lipinski definition) is 3. The van der Waals surface area contributed by atoms with Crippen LogP contribution < -0.4 is 30.9 Å². The molecule has 4 rings (SSSR count). The van der Waals surface area contributed by atoms with Gasteiger partial charge in [-0.15, -0.1) is 12.4 Å². The number of nitrogens with one attached hydrogen (secondary N) is 2. The van der Waals surface area contributed by atoms with Crippen molar-refractivity contribution < 1.29 is 28.7 Å². The second-order valence-corrected chi connectivity index (χ2v) is 9.70. The summed E-state index contributed by atoms with van der Waals surface area (Å²) in [5, 5.41) is 7.23. The number of anilines is 2. The third-order valence-corrected chi connectivity index (χ3v) is 7.24. The van der Waals surface area contributed by atoms with Gasteiger partial charge in [-0.1, -0.05) is 24.3 Å². The number of halogens is 1. The minimum Gasteiger partial charge on any atom is -0.496 e. The van der Waals surface area contributed by atoms with E-state index in [2.05, 4.69) is 10.6 Å². The van der Waals surface area contributed by atoms with Gasteiger partial charge in [-0.3, -0.25) is 14.4 Å². The largest absolute Gasteiger partial charge is 0.496 e. The normalized spacial score (nSPS) is 15.3. The Morgan fingerprint density at radius 1 is 1.07 bits per heavy atom. The lowest BCUT2D eigenvalue weighted by atomic mass is 10.00. The first-order valence-corrected chi connectivity index (χ1v) is 13.3. The first kappa shape index (κ1) is 32.3. The lowest BCUT2D eigenvalue weighted by Crippen LogP contribution is -2.55. The highest BCUT2D eigenvalue weighted by Crippen LogP contribution is 2.37. The van der Waals surface area contributed by atoms with E-state index in [1.165, 1.54) is 12.0 Å². The highest BCUT2D eigenvalue weighted by molar-refractivity contribution is 6.08. The van der Waals surface area contributed by atoms with E-state index in [1.54, 1.807) is 74.5 Å². The number of hydrogen-bond acceptors (Lipinski definition) is 8. The second kappa shape index (κ2) is 14.1. The van der Waals surface area contributed by atoms with Crippen LogP contribution in [-0.2, 0) is 25.7 Å². The molecule has 0 spiro atoms. The zero-order chi connectivity index (χ0) is 29.7. The van der Waals surface area contributed by atoms with E-state index < -0.39 is 18.1 Å². The van der Waals surface area contributed by atoms with Gasteiger partial charge in [0.25, 0.3) is 5.91 Å². The summed E-state index contributed by atoms with van der Waals surface area (Å²) in [5.74, 6) is -0.937. The lowest BCUT2D eigenvalue weighted by Gasteiger charge is -2.27. The van der Waals surface area contributed by atoms with E-state index in [4.69, 9.17) is 15.2 Å². The molecule has 2 unspecified atom stereocenters. The van der Waals surface area contributed by atoms with Crippen LogP contribution in [0.3, 0.4) is 0 Å². The van der Waals surface area contributed by atoms with Gasteiger partial charge in [0.1, 0.15) is 11.8 Å². The molecular formula is C30H36ClN5O6. The summed E-state index contributed by atoms with van der Waals surface area (Å²) in [6, 6.07) is 14.3. The van der Waals surface area contributed by atoms with Crippen molar-refractivity contribution in [3.63, 3.8) is 0 Å². The van der Waals surface area contributed by atoms with Crippen molar-refractivity contribution in [1.29, 1.82) is 0 Å². The number of nitrogens with two attached hydrogens (primary N) is 1. The van der Waals surface area contributed by atoms with Crippen LogP contribution in [0, 0.1) is 0 Å². The van der Waals surface area contributed by atoms with Crippen molar-refractivity contribution in [3.8, 4) is 5.75 Å². The number of ether oxygens (including phenoxy) is 2. The Balaban J connectivity index is 0.00000484. The fourth-order valence-corrected chi connectivity index (χ4v) is 4.91. The smallest absolute Gasteiger partial charge is 0.337 e. The number of amides is 3. The maximum Gasteiger partial charge on any atom is 0.337 e. The average molecular weight is 598 g/mol. The molecule has 11 nitrogen and oxygen atoms in total. The number of carbonyl (C=O) groups is 4. The molecule has 42 heavy (non-hydrogen) atoms. The van der Waals surface area contributed by atoms with Crippen molar-refractivity contribution in [2.24, 2.45) is 5.73 Å². The Morgan fingerprint density at radius 3 is 2.43 bits per heavy atom. The number of para-hydroxylation sites is 2. The Hall–Kier alpha value is -4.19. The molecule has 4 N–H and O–H groups in total. The van der Waals surface area contributed by atoms with Crippen molar-refractivity contribution in [1.82, 2.24) is 10.6 Å². The van der Waals surface area contributed by atoms with Crippen molar-refractivity contribution in [2.45, 2.75) is 32.0 Å². The molecule has 224 valence electrons. The Kier molecular flexibility index (Phi) is 10.9. The van der Waals surface area contributed by atoms with E-state index >= 15 is 0 Å². The zero-order valence-electron chi connectivity index (χ0n) is 24.0. The Labute approximate surface area is 250 Å².